The summed E-state index contributed by atoms with van der Waals surface area (Å²) in [5.41, 5.74) is 0. The van der Waals surface area contributed by atoms with Crippen LogP contribution in [0.1, 0.15) is 27.7 Å². The molecule has 0 radical (unpaired) electrons. The number of aliphatic imine (C=N–C) groups is 2. The molecule has 0 saturated heterocycles. The second-order valence-electron chi connectivity index (χ2n) is 1.89. The molecule has 0 aromatic carbocycles. The van der Waals surface area contributed by atoms with E-state index < -0.39 is 0 Å². The summed E-state index contributed by atoms with van der Waals surface area (Å²) in [6, 6.07) is 0. The Kier molecular flexibility index (Phi) is 4.86. The summed E-state index contributed by atoms with van der Waals surface area (Å²) in [6.07, 6.45) is -0.0289. The molecule has 3 nitrogen and oxygen atoms in total. The summed E-state index contributed by atoms with van der Waals surface area (Å²) in [6.45, 7) is 7.74. The molecule has 11 heavy (non-hydrogen) atoms. The fraction of sp³-hybridized carbons (Fsp3) is 0.714. The molecule has 0 bridgehead atoms. The summed E-state index contributed by atoms with van der Waals surface area (Å²) in [5, 5.41) is 3.20. The van der Waals surface area contributed by atoms with Gasteiger partial charge in [0.1, 0.15) is 12.0 Å². The topological polar surface area (TPSA) is 36.8 Å². The van der Waals surface area contributed by atoms with Crippen LogP contribution in [0.4, 0.5) is 0 Å². The monoisotopic (exact) mass is 175 g/mol. The standard InChI is InChI=1S/C5H8ClN3.C2H6/c1-3-7-4(2)9-5(6)8-3;1-2/h3H,1-2H3,(H,7,8,9);1-2H3. The Labute approximate surface area is 72.6 Å². The minimum Gasteiger partial charge on any atom is -0.319 e. The minimum atomic E-state index is -0.0289. The number of nitrogens with zero attached hydrogens (tertiary/aromatic N) is 2. The quantitative estimate of drug-likeness (QED) is 0.562. The van der Waals surface area contributed by atoms with Gasteiger partial charge in [0.05, 0.1) is 0 Å². The average Bonchev–Trinajstić information content (AvgIpc) is 1.88. The molecule has 0 aromatic heterocycles. The first-order valence-corrected chi connectivity index (χ1v) is 4.11. The van der Waals surface area contributed by atoms with Gasteiger partial charge in [0.15, 0.2) is 5.29 Å². The first kappa shape index (κ1) is 10.4. The third-order valence-electron chi connectivity index (χ3n) is 0.965. The van der Waals surface area contributed by atoms with Crippen LogP contribution in [-0.2, 0) is 0 Å². The summed E-state index contributed by atoms with van der Waals surface area (Å²) in [4.78, 5) is 7.98. The summed E-state index contributed by atoms with van der Waals surface area (Å²) in [7, 11) is 0. The van der Waals surface area contributed by atoms with Gasteiger partial charge in [0, 0.05) is 0 Å². The van der Waals surface area contributed by atoms with Crippen LogP contribution in [0.2, 0.25) is 0 Å². The third kappa shape index (κ3) is 3.98. The lowest BCUT2D eigenvalue weighted by Crippen LogP contribution is -2.30. The summed E-state index contributed by atoms with van der Waals surface area (Å²) < 4.78 is 0. The second-order valence-corrected chi connectivity index (χ2v) is 2.25. The van der Waals surface area contributed by atoms with Crippen molar-refractivity contribution in [1.29, 1.82) is 0 Å². The highest BCUT2D eigenvalue weighted by Gasteiger charge is 2.05. The fourth-order valence-electron chi connectivity index (χ4n) is 0.687. The Balaban J connectivity index is 0.000000461. The Bertz CT molecular complexity index is 157. The van der Waals surface area contributed by atoms with E-state index in [0.717, 1.165) is 5.84 Å². The lowest BCUT2D eigenvalue weighted by atomic mass is 10.5. The first-order valence-electron chi connectivity index (χ1n) is 3.73. The van der Waals surface area contributed by atoms with Crippen molar-refractivity contribution >= 4 is 22.7 Å². The van der Waals surface area contributed by atoms with Crippen LogP contribution in [0.15, 0.2) is 9.98 Å². The number of hydrogen-bond acceptors (Lipinski definition) is 3. The number of rotatable bonds is 0. The smallest absolute Gasteiger partial charge is 0.198 e. The molecule has 64 valence electrons. The number of nitrogens with one attached hydrogen (secondary N) is 1. The molecule has 1 atom stereocenters. The van der Waals surface area contributed by atoms with Crippen LogP contribution in [0.25, 0.3) is 0 Å². The van der Waals surface area contributed by atoms with Crippen LogP contribution >= 0.6 is 11.6 Å². The highest BCUT2D eigenvalue weighted by Crippen LogP contribution is 1.99. The van der Waals surface area contributed by atoms with Gasteiger partial charge in [-0.25, -0.2) is 9.98 Å². The van der Waals surface area contributed by atoms with E-state index in [-0.39, 0.29) is 6.17 Å². The van der Waals surface area contributed by atoms with Crippen LogP contribution in [-0.4, -0.2) is 17.3 Å². The zero-order chi connectivity index (χ0) is 8.85. The lowest BCUT2D eigenvalue weighted by molar-refractivity contribution is 0.774. The number of hydrogen-bond donors (Lipinski definition) is 1. The maximum absolute atomic E-state index is 5.56. The van der Waals surface area contributed by atoms with Gasteiger partial charge in [-0.2, -0.15) is 0 Å². The SMILES string of the molecule is CC.CC1=NC(C)N=C(Cl)N1. The molecule has 1 unspecified atom stereocenters. The Hall–Kier alpha value is -0.570. The first-order chi connectivity index (χ1) is 5.18. The van der Waals surface area contributed by atoms with Gasteiger partial charge < -0.3 is 5.32 Å². The molecule has 4 heteroatoms. The molecule has 0 amide bonds. The maximum atomic E-state index is 5.56. The molecule has 0 aromatic rings. The van der Waals surface area contributed by atoms with Crippen molar-refractivity contribution in [3.63, 3.8) is 0 Å². The van der Waals surface area contributed by atoms with Crippen LogP contribution in [0.5, 0.6) is 0 Å². The molecule has 0 aliphatic carbocycles. The van der Waals surface area contributed by atoms with E-state index in [1.165, 1.54) is 0 Å². The molecule has 1 aliphatic heterocycles. The zero-order valence-corrected chi connectivity index (χ0v) is 8.11. The van der Waals surface area contributed by atoms with Crippen molar-refractivity contribution in [3.8, 4) is 0 Å². The lowest BCUT2D eigenvalue weighted by Gasteiger charge is -2.11. The normalized spacial score (nSPS) is 22.1. The van der Waals surface area contributed by atoms with Gasteiger partial charge in [0.2, 0.25) is 0 Å². The van der Waals surface area contributed by atoms with Crippen molar-refractivity contribution in [1.82, 2.24) is 5.32 Å². The third-order valence-corrected chi connectivity index (χ3v) is 1.16. The van der Waals surface area contributed by atoms with E-state index in [2.05, 4.69) is 15.3 Å². The summed E-state index contributed by atoms with van der Waals surface area (Å²) in [5.74, 6) is 0.822. The molecular formula is C7H14ClN3. The van der Waals surface area contributed by atoms with Gasteiger partial charge >= 0.3 is 0 Å². The zero-order valence-electron chi connectivity index (χ0n) is 7.35. The van der Waals surface area contributed by atoms with Crippen molar-refractivity contribution in [2.45, 2.75) is 33.9 Å². The molecule has 1 heterocycles. The van der Waals surface area contributed by atoms with E-state index >= 15 is 0 Å². The predicted octanol–water partition coefficient (Wildman–Crippen LogP) is 1.98. The van der Waals surface area contributed by atoms with Crippen LogP contribution in [0.3, 0.4) is 0 Å². The minimum absolute atomic E-state index is 0.0289. The Morgan fingerprint density at radius 3 is 2.27 bits per heavy atom. The predicted molar refractivity (Wildman–Crippen MR) is 50.3 cm³/mol. The van der Waals surface area contributed by atoms with Gasteiger partial charge in [0.25, 0.3) is 0 Å². The van der Waals surface area contributed by atoms with E-state index in [9.17, 15) is 0 Å². The van der Waals surface area contributed by atoms with Crippen molar-refractivity contribution < 1.29 is 0 Å². The van der Waals surface area contributed by atoms with Crippen molar-refractivity contribution in [2.75, 3.05) is 0 Å². The molecule has 1 rings (SSSR count). The van der Waals surface area contributed by atoms with E-state index in [0.29, 0.717) is 5.29 Å². The molecule has 1 aliphatic rings. The Morgan fingerprint density at radius 1 is 1.36 bits per heavy atom. The maximum Gasteiger partial charge on any atom is 0.198 e. The molecule has 0 fully saturated rings. The average molecular weight is 176 g/mol. The molecule has 0 saturated carbocycles. The molecule has 1 N–H and O–H groups in total. The van der Waals surface area contributed by atoms with Gasteiger partial charge in [-0.3, -0.25) is 0 Å². The van der Waals surface area contributed by atoms with E-state index in [4.69, 9.17) is 11.6 Å². The van der Waals surface area contributed by atoms with Gasteiger partial charge in [-0.05, 0) is 25.4 Å². The second kappa shape index (κ2) is 5.13. The molecular weight excluding hydrogens is 162 g/mol. The largest absolute Gasteiger partial charge is 0.319 e. The van der Waals surface area contributed by atoms with Crippen molar-refractivity contribution in [3.05, 3.63) is 0 Å². The van der Waals surface area contributed by atoms with E-state index in [1.54, 1.807) is 0 Å². The highest BCUT2D eigenvalue weighted by atomic mass is 35.5. The van der Waals surface area contributed by atoms with E-state index in [1.807, 2.05) is 27.7 Å². The van der Waals surface area contributed by atoms with Crippen molar-refractivity contribution in [2.24, 2.45) is 9.98 Å². The van der Waals surface area contributed by atoms with Crippen LogP contribution < -0.4 is 5.32 Å². The number of amidine groups is 2. The Morgan fingerprint density at radius 2 is 1.91 bits per heavy atom. The fourth-order valence-corrected chi connectivity index (χ4v) is 0.965. The highest BCUT2D eigenvalue weighted by molar-refractivity contribution is 6.66. The summed E-state index contributed by atoms with van der Waals surface area (Å²) >= 11 is 5.56. The van der Waals surface area contributed by atoms with Crippen LogP contribution in [0, 0.1) is 0 Å². The molecule has 0 spiro atoms. The van der Waals surface area contributed by atoms with Gasteiger partial charge in [-0.1, -0.05) is 13.8 Å². The van der Waals surface area contributed by atoms with Gasteiger partial charge in [-0.15, -0.1) is 0 Å². The number of halogens is 1.